The molecule has 4 rings (SSSR count). The molecule has 0 aliphatic carbocycles. The summed E-state index contributed by atoms with van der Waals surface area (Å²) in [6, 6.07) is 20.7. The number of methoxy groups -OCH3 is 1. The summed E-state index contributed by atoms with van der Waals surface area (Å²) in [7, 11) is 1.56. The first-order valence-electron chi connectivity index (χ1n) is 10.9. The van der Waals surface area contributed by atoms with E-state index in [9.17, 15) is 4.79 Å². The number of halogens is 1. The summed E-state index contributed by atoms with van der Waals surface area (Å²) in [5, 5.41) is 10.1. The van der Waals surface area contributed by atoms with Crippen LogP contribution in [0.2, 0.25) is 0 Å². The van der Waals surface area contributed by atoms with Gasteiger partial charge in [0.2, 0.25) is 0 Å². The van der Waals surface area contributed by atoms with Crippen LogP contribution in [-0.4, -0.2) is 30.8 Å². The number of hydrogen-bond acceptors (Lipinski definition) is 7. The molecule has 9 heteroatoms. The van der Waals surface area contributed by atoms with Crippen molar-refractivity contribution in [3.05, 3.63) is 100 Å². The van der Waals surface area contributed by atoms with Crippen LogP contribution >= 0.6 is 27.3 Å². The van der Waals surface area contributed by atoms with E-state index in [0.717, 1.165) is 27.6 Å². The molecule has 4 aromatic rings. The van der Waals surface area contributed by atoms with Crippen LogP contribution in [0.15, 0.2) is 94.3 Å². The highest BCUT2D eigenvalue weighted by molar-refractivity contribution is 9.10. The molecule has 2 N–H and O–H groups in total. The maximum absolute atomic E-state index is 12.5. The summed E-state index contributed by atoms with van der Waals surface area (Å²) in [5.74, 6) is 0.787. The molecule has 1 amide bonds. The fraction of sp³-hybridized carbons (Fsp3) is 0.0741. The second-order valence-corrected chi connectivity index (χ2v) is 9.15. The van der Waals surface area contributed by atoms with E-state index in [1.807, 2.05) is 53.9 Å². The smallest absolute Gasteiger partial charge is 0.271 e. The van der Waals surface area contributed by atoms with E-state index in [2.05, 4.69) is 43.3 Å². The fourth-order valence-corrected chi connectivity index (χ4v) is 4.54. The summed E-state index contributed by atoms with van der Waals surface area (Å²) >= 11 is 4.99. The first kappa shape index (κ1) is 25.2. The highest BCUT2D eigenvalue weighted by atomic mass is 79.9. The number of carbonyl (C=O) groups is 1. The van der Waals surface area contributed by atoms with Crippen molar-refractivity contribution in [2.75, 3.05) is 19.0 Å². The molecule has 0 aliphatic heterocycles. The molecule has 0 aliphatic rings. The second kappa shape index (κ2) is 12.1. The van der Waals surface area contributed by atoms with Gasteiger partial charge in [-0.15, -0.1) is 11.3 Å². The van der Waals surface area contributed by atoms with Gasteiger partial charge in [0.05, 0.1) is 23.5 Å². The molecule has 36 heavy (non-hydrogen) atoms. The predicted octanol–water partition coefficient (Wildman–Crippen LogP) is 6.65. The number of hydrazone groups is 1. The molecule has 0 radical (unpaired) electrons. The number of carbonyl (C=O) groups excluding carboxylic acids is 1. The molecule has 0 bridgehead atoms. The van der Waals surface area contributed by atoms with Crippen LogP contribution in [-0.2, 0) is 0 Å². The third-order valence-corrected chi connectivity index (χ3v) is 6.30. The molecule has 0 saturated heterocycles. The van der Waals surface area contributed by atoms with Gasteiger partial charge in [-0.25, -0.2) is 10.4 Å². The van der Waals surface area contributed by atoms with E-state index >= 15 is 0 Å². The van der Waals surface area contributed by atoms with Gasteiger partial charge >= 0.3 is 0 Å². The Balaban J connectivity index is 1.35. The Morgan fingerprint density at radius 1 is 1.17 bits per heavy atom. The Morgan fingerprint density at radius 2 is 1.94 bits per heavy atom. The van der Waals surface area contributed by atoms with Gasteiger partial charge in [0.15, 0.2) is 16.6 Å². The summed E-state index contributed by atoms with van der Waals surface area (Å²) in [6.45, 7) is 4.00. The molecule has 3 aromatic carbocycles. The minimum absolute atomic E-state index is 0.324. The van der Waals surface area contributed by atoms with Gasteiger partial charge in [0.1, 0.15) is 6.61 Å². The average Bonchev–Trinajstić information content (AvgIpc) is 3.37. The Morgan fingerprint density at radius 3 is 2.67 bits per heavy atom. The van der Waals surface area contributed by atoms with E-state index in [0.29, 0.717) is 28.1 Å². The Kier molecular flexibility index (Phi) is 8.48. The number of thiazole rings is 1. The van der Waals surface area contributed by atoms with Crippen molar-refractivity contribution in [2.24, 2.45) is 5.10 Å². The van der Waals surface area contributed by atoms with Crippen molar-refractivity contribution in [3.63, 3.8) is 0 Å². The minimum atomic E-state index is -0.324. The van der Waals surface area contributed by atoms with Gasteiger partial charge in [0.25, 0.3) is 5.91 Å². The van der Waals surface area contributed by atoms with Crippen LogP contribution < -0.4 is 20.2 Å². The topological polar surface area (TPSA) is 84.8 Å². The summed E-state index contributed by atoms with van der Waals surface area (Å²) < 4.78 is 11.7. The molecular weight excluding hydrogens is 540 g/mol. The van der Waals surface area contributed by atoms with Gasteiger partial charge < -0.3 is 14.8 Å². The summed E-state index contributed by atoms with van der Waals surface area (Å²) in [6.07, 6.45) is 3.19. The average molecular weight is 563 g/mol. The molecule has 7 nitrogen and oxygen atoms in total. The van der Waals surface area contributed by atoms with Gasteiger partial charge in [-0.2, -0.15) is 5.10 Å². The van der Waals surface area contributed by atoms with E-state index < -0.39 is 0 Å². The van der Waals surface area contributed by atoms with Crippen LogP contribution in [0, 0.1) is 0 Å². The molecule has 1 heterocycles. The summed E-state index contributed by atoms with van der Waals surface area (Å²) in [5.41, 5.74) is 6.57. The number of amides is 1. The van der Waals surface area contributed by atoms with E-state index in [4.69, 9.17) is 9.47 Å². The molecule has 0 unspecified atom stereocenters. The molecule has 0 atom stereocenters. The maximum atomic E-state index is 12.5. The van der Waals surface area contributed by atoms with E-state index in [1.54, 1.807) is 31.4 Å². The molecule has 0 saturated carbocycles. The zero-order chi connectivity index (χ0) is 25.3. The van der Waals surface area contributed by atoms with Crippen molar-refractivity contribution >= 4 is 50.2 Å². The van der Waals surface area contributed by atoms with Crippen molar-refractivity contribution in [1.29, 1.82) is 0 Å². The minimum Gasteiger partial charge on any atom is -0.493 e. The molecule has 1 aromatic heterocycles. The van der Waals surface area contributed by atoms with Gasteiger partial charge in [-0.05, 0) is 57.9 Å². The zero-order valence-corrected chi connectivity index (χ0v) is 21.8. The first-order valence-corrected chi connectivity index (χ1v) is 12.6. The van der Waals surface area contributed by atoms with Gasteiger partial charge in [-0.1, -0.05) is 43.0 Å². The molecule has 0 fully saturated rings. The monoisotopic (exact) mass is 562 g/mol. The van der Waals surface area contributed by atoms with Crippen molar-refractivity contribution < 1.29 is 14.3 Å². The quantitative estimate of drug-likeness (QED) is 0.128. The number of rotatable bonds is 10. The number of aromatic nitrogens is 1. The van der Waals surface area contributed by atoms with E-state index in [-0.39, 0.29) is 5.91 Å². The predicted molar refractivity (Wildman–Crippen MR) is 149 cm³/mol. The van der Waals surface area contributed by atoms with Crippen LogP contribution in [0.3, 0.4) is 0 Å². The zero-order valence-electron chi connectivity index (χ0n) is 19.4. The molecule has 182 valence electrons. The highest BCUT2D eigenvalue weighted by Gasteiger charge is 2.11. The second-order valence-electron chi connectivity index (χ2n) is 7.44. The summed E-state index contributed by atoms with van der Waals surface area (Å²) in [4.78, 5) is 17.1. The Labute approximate surface area is 221 Å². The third-order valence-electron chi connectivity index (χ3n) is 4.95. The lowest BCUT2D eigenvalue weighted by Gasteiger charge is -2.12. The SMILES string of the molecule is C=CCOc1c(Br)cc(/C=N/NC(=O)c2ccc(Nc3nc(-c4ccccc4)cs3)cc2)cc1OC. The first-order chi connectivity index (χ1) is 17.6. The molecule has 0 spiro atoms. The lowest BCUT2D eigenvalue weighted by atomic mass is 10.2. The Bertz CT molecular complexity index is 1370. The number of hydrogen-bond donors (Lipinski definition) is 2. The number of nitrogens with zero attached hydrogens (tertiary/aromatic N) is 2. The Hall–Kier alpha value is -3.95. The van der Waals surface area contributed by atoms with Crippen LogP contribution in [0.5, 0.6) is 11.5 Å². The fourth-order valence-electron chi connectivity index (χ4n) is 3.23. The maximum Gasteiger partial charge on any atom is 0.271 e. The largest absolute Gasteiger partial charge is 0.493 e. The van der Waals surface area contributed by atoms with Crippen LogP contribution in [0.25, 0.3) is 11.3 Å². The number of anilines is 2. The van der Waals surface area contributed by atoms with Crippen LogP contribution in [0.4, 0.5) is 10.8 Å². The molecular formula is C27H23BrN4O3S. The van der Waals surface area contributed by atoms with Crippen molar-refractivity contribution in [1.82, 2.24) is 10.4 Å². The number of ether oxygens (including phenoxy) is 2. The lowest BCUT2D eigenvalue weighted by Crippen LogP contribution is -2.17. The standard InChI is InChI=1S/C27H23BrN4O3S/c1-3-13-35-25-22(28)14-18(15-24(25)34-2)16-29-32-26(33)20-9-11-21(12-10-20)30-27-31-23(17-36-27)19-7-5-4-6-8-19/h3-12,14-17H,1,13H2,2H3,(H,30,31)(H,32,33)/b29-16+. The van der Waals surface area contributed by atoms with Crippen molar-refractivity contribution in [2.45, 2.75) is 0 Å². The highest BCUT2D eigenvalue weighted by Crippen LogP contribution is 2.36. The lowest BCUT2D eigenvalue weighted by molar-refractivity contribution is 0.0955. The third kappa shape index (κ3) is 6.38. The van der Waals surface area contributed by atoms with Crippen molar-refractivity contribution in [3.8, 4) is 22.8 Å². The van der Waals surface area contributed by atoms with E-state index in [1.165, 1.54) is 17.6 Å². The van der Waals surface area contributed by atoms with Gasteiger partial charge in [-0.3, -0.25) is 4.79 Å². The normalized spacial score (nSPS) is 10.7. The number of nitrogens with one attached hydrogen (secondary N) is 2. The number of benzene rings is 3. The van der Waals surface area contributed by atoms with Crippen LogP contribution in [0.1, 0.15) is 15.9 Å². The van der Waals surface area contributed by atoms with Gasteiger partial charge in [0, 0.05) is 22.2 Å².